The molecule has 0 atom stereocenters. The summed E-state index contributed by atoms with van der Waals surface area (Å²) in [5, 5.41) is 2.72. The summed E-state index contributed by atoms with van der Waals surface area (Å²) in [6.45, 7) is 1.37. The molecule has 2 rings (SSSR count). The maximum atomic E-state index is 12.5. The summed E-state index contributed by atoms with van der Waals surface area (Å²) >= 11 is 6.58. The molecular weight excluding hydrogens is 334 g/mol. The number of aromatic nitrogens is 1. The molecule has 0 bridgehead atoms. The molecule has 3 N–H and O–H groups in total. The number of nitrogens with two attached hydrogens (primary N) is 1. The van der Waals surface area contributed by atoms with Crippen LogP contribution in [0.3, 0.4) is 0 Å². The van der Waals surface area contributed by atoms with Gasteiger partial charge in [-0.3, -0.25) is 4.79 Å². The number of anilines is 2. The van der Waals surface area contributed by atoms with Gasteiger partial charge in [-0.15, -0.1) is 11.6 Å². The average Bonchev–Trinajstić information content (AvgIpc) is 2.80. The Morgan fingerprint density at radius 1 is 1.38 bits per heavy atom. The lowest BCUT2D eigenvalue weighted by atomic mass is 10.3. The molecule has 1 amide bonds. The number of nitrogen functional groups attached to an aromatic ring is 1. The number of hydrogen-bond acceptors (Lipinski definition) is 6. The minimum Gasteiger partial charge on any atom is -0.375 e. The molecule has 0 saturated heterocycles. The molecule has 0 unspecified atom stereocenters. The van der Waals surface area contributed by atoms with E-state index in [9.17, 15) is 13.2 Å². The number of alkyl halides is 1. The molecule has 2 aromatic rings. The van der Waals surface area contributed by atoms with Crippen LogP contribution in [-0.2, 0) is 20.5 Å². The maximum absolute atomic E-state index is 12.5. The van der Waals surface area contributed by atoms with Gasteiger partial charge in [0.2, 0.25) is 15.7 Å². The van der Waals surface area contributed by atoms with Gasteiger partial charge in [0.05, 0.1) is 16.5 Å². The number of amides is 1. The van der Waals surface area contributed by atoms with E-state index in [1.165, 1.54) is 31.2 Å². The molecule has 0 spiro atoms. The van der Waals surface area contributed by atoms with Gasteiger partial charge in [-0.2, -0.15) is 0 Å². The Labute approximate surface area is 130 Å². The molecule has 1 heterocycles. The zero-order valence-corrected chi connectivity index (χ0v) is 13.3. The zero-order chi connectivity index (χ0) is 15.6. The van der Waals surface area contributed by atoms with E-state index in [1.54, 1.807) is 0 Å². The quantitative estimate of drug-likeness (QED) is 0.827. The SMILES string of the molecule is CC(=O)Nc1ccc(S(=O)(=O)c2sc(N)nc2CCl)cc1. The zero-order valence-electron chi connectivity index (χ0n) is 11.0. The van der Waals surface area contributed by atoms with Crippen molar-refractivity contribution in [3.05, 3.63) is 30.0 Å². The van der Waals surface area contributed by atoms with E-state index in [1.807, 2.05) is 0 Å². The first-order valence-corrected chi connectivity index (χ1v) is 8.62. The van der Waals surface area contributed by atoms with Crippen LogP contribution in [0.2, 0.25) is 0 Å². The topological polar surface area (TPSA) is 102 Å². The van der Waals surface area contributed by atoms with Crippen molar-refractivity contribution in [2.75, 3.05) is 11.1 Å². The molecule has 21 heavy (non-hydrogen) atoms. The van der Waals surface area contributed by atoms with Crippen molar-refractivity contribution in [2.24, 2.45) is 0 Å². The first-order valence-electron chi connectivity index (χ1n) is 5.78. The number of nitrogens with zero attached hydrogens (tertiary/aromatic N) is 1. The summed E-state index contributed by atoms with van der Waals surface area (Å²) in [6, 6.07) is 5.85. The highest BCUT2D eigenvalue weighted by Gasteiger charge is 2.25. The predicted molar refractivity (Wildman–Crippen MR) is 82.3 cm³/mol. The Hall–Kier alpha value is -1.64. The van der Waals surface area contributed by atoms with E-state index < -0.39 is 9.84 Å². The lowest BCUT2D eigenvalue weighted by Gasteiger charge is -2.05. The van der Waals surface area contributed by atoms with Gasteiger partial charge in [-0.05, 0) is 24.3 Å². The van der Waals surface area contributed by atoms with Crippen molar-refractivity contribution in [3.8, 4) is 0 Å². The predicted octanol–water partition coefficient (Wildman–Crippen LogP) is 2.26. The van der Waals surface area contributed by atoms with Crippen LogP contribution in [0.25, 0.3) is 0 Å². The molecule has 1 aromatic heterocycles. The third-order valence-corrected chi connectivity index (χ3v) is 6.03. The van der Waals surface area contributed by atoms with E-state index in [0.717, 1.165) is 11.3 Å². The summed E-state index contributed by atoms with van der Waals surface area (Å²) in [7, 11) is -3.73. The second-order valence-corrected chi connectivity index (χ2v) is 7.57. The van der Waals surface area contributed by atoms with Crippen LogP contribution in [-0.4, -0.2) is 19.3 Å². The third-order valence-electron chi connectivity index (χ3n) is 2.53. The summed E-state index contributed by atoms with van der Waals surface area (Å²) < 4.78 is 25.1. The van der Waals surface area contributed by atoms with Crippen molar-refractivity contribution >= 4 is 49.5 Å². The van der Waals surface area contributed by atoms with E-state index in [-0.39, 0.29) is 31.7 Å². The van der Waals surface area contributed by atoms with E-state index in [0.29, 0.717) is 5.69 Å². The number of benzene rings is 1. The minimum atomic E-state index is -3.73. The molecule has 0 radical (unpaired) electrons. The standard InChI is InChI=1S/C12H12ClN3O3S2/c1-7(17)15-8-2-4-9(5-3-8)21(18,19)11-10(6-13)16-12(14)20-11/h2-5H,6H2,1H3,(H2,14,16)(H,15,17). The summed E-state index contributed by atoms with van der Waals surface area (Å²) in [4.78, 5) is 14.9. The van der Waals surface area contributed by atoms with E-state index in [2.05, 4.69) is 10.3 Å². The molecule has 112 valence electrons. The normalized spacial score (nSPS) is 11.3. The fourth-order valence-electron chi connectivity index (χ4n) is 1.68. The molecular formula is C12H12ClN3O3S2. The minimum absolute atomic E-state index is 0.0355. The second-order valence-electron chi connectivity index (χ2n) is 4.13. The van der Waals surface area contributed by atoms with Gasteiger partial charge in [0, 0.05) is 12.6 Å². The number of rotatable bonds is 4. The monoisotopic (exact) mass is 345 g/mol. The van der Waals surface area contributed by atoms with Crippen LogP contribution in [0.15, 0.2) is 33.4 Å². The summed E-state index contributed by atoms with van der Waals surface area (Å²) in [5.74, 6) is -0.267. The van der Waals surface area contributed by atoms with Gasteiger partial charge in [-0.25, -0.2) is 13.4 Å². The molecule has 0 saturated carbocycles. The Kier molecular flexibility index (Phi) is 4.50. The fourth-order valence-corrected chi connectivity index (χ4v) is 4.73. The largest absolute Gasteiger partial charge is 0.375 e. The Bertz CT molecular complexity index is 770. The van der Waals surface area contributed by atoms with Crippen molar-refractivity contribution < 1.29 is 13.2 Å². The van der Waals surface area contributed by atoms with Gasteiger partial charge >= 0.3 is 0 Å². The van der Waals surface area contributed by atoms with E-state index >= 15 is 0 Å². The second kappa shape index (κ2) is 6.00. The molecule has 0 aliphatic heterocycles. The van der Waals surface area contributed by atoms with Crippen LogP contribution in [0, 0.1) is 0 Å². The number of thiazole rings is 1. The van der Waals surface area contributed by atoms with E-state index in [4.69, 9.17) is 17.3 Å². The first kappa shape index (κ1) is 15.7. The van der Waals surface area contributed by atoms with Gasteiger partial charge < -0.3 is 11.1 Å². The lowest BCUT2D eigenvalue weighted by Crippen LogP contribution is -2.06. The van der Waals surface area contributed by atoms with Crippen LogP contribution < -0.4 is 11.1 Å². The molecule has 9 heteroatoms. The smallest absolute Gasteiger partial charge is 0.221 e. The summed E-state index contributed by atoms with van der Waals surface area (Å²) in [6.07, 6.45) is 0. The Morgan fingerprint density at radius 2 is 2.00 bits per heavy atom. The molecule has 0 aliphatic rings. The van der Waals surface area contributed by atoms with Crippen LogP contribution in [0.4, 0.5) is 10.8 Å². The van der Waals surface area contributed by atoms with Crippen molar-refractivity contribution in [3.63, 3.8) is 0 Å². The Balaban J connectivity index is 2.41. The number of halogens is 1. The first-order chi connectivity index (χ1) is 9.84. The molecule has 6 nitrogen and oxygen atoms in total. The highest BCUT2D eigenvalue weighted by Crippen LogP contribution is 2.32. The van der Waals surface area contributed by atoms with Gasteiger partial charge in [0.25, 0.3) is 0 Å². The van der Waals surface area contributed by atoms with Crippen molar-refractivity contribution in [2.45, 2.75) is 21.9 Å². The van der Waals surface area contributed by atoms with Gasteiger partial charge in [-0.1, -0.05) is 11.3 Å². The summed E-state index contributed by atoms with van der Waals surface area (Å²) in [5.41, 5.74) is 6.30. The van der Waals surface area contributed by atoms with Crippen molar-refractivity contribution in [1.82, 2.24) is 4.98 Å². The molecule has 0 fully saturated rings. The number of sulfone groups is 1. The maximum Gasteiger partial charge on any atom is 0.221 e. The highest BCUT2D eigenvalue weighted by molar-refractivity contribution is 7.93. The fraction of sp³-hybridized carbons (Fsp3) is 0.167. The molecule has 1 aromatic carbocycles. The molecule has 0 aliphatic carbocycles. The third kappa shape index (κ3) is 3.34. The van der Waals surface area contributed by atoms with Crippen LogP contribution >= 0.6 is 22.9 Å². The van der Waals surface area contributed by atoms with Crippen LogP contribution in [0.5, 0.6) is 0 Å². The van der Waals surface area contributed by atoms with Crippen molar-refractivity contribution in [1.29, 1.82) is 0 Å². The number of hydrogen-bond donors (Lipinski definition) is 2. The van der Waals surface area contributed by atoms with Gasteiger partial charge in [0.1, 0.15) is 0 Å². The Morgan fingerprint density at radius 3 is 2.52 bits per heavy atom. The number of nitrogens with one attached hydrogen (secondary N) is 1. The lowest BCUT2D eigenvalue weighted by molar-refractivity contribution is -0.114. The average molecular weight is 346 g/mol. The highest BCUT2D eigenvalue weighted by atomic mass is 35.5. The van der Waals surface area contributed by atoms with Crippen LogP contribution in [0.1, 0.15) is 12.6 Å². The number of carbonyl (C=O) groups is 1. The van der Waals surface area contributed by atoms with Gasteiger partial charge in [0.15, 0.2) is 9.34 Å². The number of carbonyl (C=O) groups excluding carboxylic acids is 1.